The van der Waals surface area contributed by atoms with Crippen LogP contribution in [-0.2, 0) is 17.8 Å². The molecule has 12 heteroatoms. The first-order valence-corrected chi connectivity index (χ1v) is 10.6. The van der Waals surface area contributed by atoms with Gasteiger partial charge in [-0.1, -0.05) is 0 Å². The van der Waals surface area contributed by atoms with Gasteiger partial charge in [0.1, 0.15) is 11.6 Å². The van der Waals surface area contributed by atoms with E-state index in [1.807, 2.05) is 19.1 Å². The molecule has 0 aromatic carbocycles. The molecular weight excluding hydrogens is 457 g/mol. The number of alkyl halides is 3. The average Bonchev–Trinajstić information content (AvgIpc) is 3.22. The Kier molecular flexibility index (Phi) is 7.07. The van der Waals surface area contributed by atoms with Crippen LogP contribution in [0.2, 0.25) is 5.28 Å². The summed E-state index contributed by atoms with van der Waals surface area (Å²) in [4.78, 5) is 19.1. The highest BCUT2D eigenvalue weighted by Gasteiger charge is 2.38. The van der Waals surface area contributed by atoms with Crippen molar-refractivity contribution in [3.05, 3.63) is 39.9 Å². The fourth-order valence-electron chi connectivity index (χ4n) is 2.95. The van der Waals surface area contributed by atoms with Crippen molar-refractivity contribution >= 4 is 44.9 Å². The molecule has 3 heterocycles. The Morgan fingerprint density at radius 1 is 1.45 bits per heavy atom. The number of carboxylic acids is 1. The lowest BCUT2D eigenvalue weighted by Gasteiger charge is -2.06. The molecule has 0 spiro atoms. The molecule has 3 aromatic heterocycles. The number of hydrogen-bond acceptors (Lipinski definition) is 7. The fraction of sp³-hybridized carbons (Fsp3) is 0.421. The second-order valence-electron chi connectivity index (χ2n) is 7.15. The lowest BCUT2D eigenvalue weighted by atomic mass is 10.1. The number of nitrogens with two attached hydrogens (primary N) is 1. The van der Waals surface area contributed by atoms with Crippen LogP contribution in [0.5, 0.6) is 0 Å². The molecule has 0 aliphatic heterocycles. The van der Waals surface area contributed by atoms with Crippen LogP contribution >= 0.6 is 22.9 Å². The minimum Gasteiger partial charge on any atom is -0.475 e. The Labute approximate surface area is 184 Å². The molecule has 31 heavy (non-hydrogen) atoms. The third-order valence-electron chi connectivity index (χ3n) is 4.36. The molecule has 1 fully saturated rings. The molecular formula is C19H20ClF3N4O3S. The molecule has 3 aromatic rings. The number of rotatable bonds is 6. The van der Waals surface area contributed by atoms with Crippen LogP contribution in [0.4, 0.5) is 19.0 Å². The first-order chi connectivity index (χ1) is 14.6. The minimum absolute atomic E-state index is 0.124. The zero-order valence-electron chi connectivity index (χ0n) is 16.4. The van der Waals surface area contributed by atoms with Crippen LogP contribution in [0.1, 0.15) is 41.9 Å². The van der Waals surface area contributed by atoms with Gasteiger partial charge in [0.15, 0.2) is 0 Å². The average molecular weight is 477 g/mol. The van der Waals surface area contributed by atoms with Crippen molar-refractivity contribution in [2.75, 3.05) is 5.32 Å². The Bertz CT molecular complexity index is 1050. The quantitative estimate of drug-likeness (QED) is 0.431. The normalized spacial score (nSPS) is 14.8. The number of furan rings is 1. The first kappa shape index (κ1) is 23.3. The van der Waals surface area contributed by atoms with Crippen LogP contribution < -0.4 is 11.1 Å². The summed E-state index contributed by atoms with van der Waals surface area (Å²) in [6.07, 6.45) is -0.123. The molecule has 1 aliphatic carbocycles. The Morgan fingerprint density at radius 2 is 2.13 bits per heavy atom. The summed E-state index contributed by atoms with van der Waals surface area (Å²) in [6.45, 7) is 2.60. The van der Waals surface area contributed by atoms with Crippen molar-refractivity contribution < 1.29 is 27.5 Å². The van der Waals surface area contributed by atoms with E-state index in [0.29, 0.717) is 12.5 Å². The summed E-state index contributed by atoms with van der Waals surface area (Å²) < 4.78 is 38.2. The smallest absolute Gasteiger partial charge is 0.475 e. The number of carboxylic acid groups (broad SMARTS) is 1. The summed E-state index contributed by atoms with van der Waals surface area (Å²) in [5.41, 5.74) is 8.36. The van der Waals surface area contributed by atoms with Gasteiger partial charge in [0.05, 0.1) is 23.0 Å². The zero-order valence-corrected chi connectivity index (χ0v) is 17.9. The molecule has 1 atom stereocenters. The second-order valence-corrected chi connectivity index (χ2v) is 8.59. The second kappa shape index (κ2) is 9.41. The predicted molar refractivity (Wildman–Crippen MR) is 111 cm³/mol. The van der Waals surface area contributed by atoms with Gasteiger partial charge >= 0.3 is 12.1 Å². The number of anilines is 1. The van der Waals surface area contributed by atoms with E-state index < -0.39 is 12.1 Å². The van der Waals surface area contributed by atoms with Crippen LogP contribution in [0.3, 0.4) is 0 Å². The molecule has 1 saturated carbocycles. The SMILES string of the molecule is CC(N)Cc1sc2c(NCc3ccco3)nc(Cl)nc2c1C1CC1.O=C(O)C(F)(F)F. The molecule has 4 N–H and O–H groups in total. The molecule has 0 radical (unpaired) electrons. The summed E-state index contributed by atoms with van der Waals surface area (Å²) in [5, 5.41) is 10.7. The summed E-state index contributed by atoms with van der Waals surface area (Å²) in [5.74, 6) is -0.541. The van der Waals surface area contributed by atoms with E-state index in [1.54, 1.807) is 17.6 Å². The van der Waals surface area contributed by atoms with Gasteiger partial charge in [-0.3, -0.25) is 0 Å². The Balaban J connectivity index is 0.000000339. The van der Waals surface area contributed by atoms with Crippen molar-refractivity contribution in [3.63, 3.8) is 0 Å². The van der Waals surface area contributed by atoms with Crippen LogP contribution in [-0.4, -0.2) is 33.3 Å². The number of hydrogen-bond donors (Lipinski definition) is 3. The molecule has 1 unspecified atom stereocenters. The predicted octanol–water partition coefficient (Wildman–Crippen LogP) is 4.95. The van der Waals surface area contributed by atoms with Crippen LogP contribution in [0.15, 0.2) is 22.8 Å². The van der Waals surface area contributed by atoms with Crippen molar-refractivity contribution in [1.29, 1.82) is 0 Å². The van der Waals surface area contributed by atoms with Gasteiger partial charge in [0.2, 0.25) is 5.28 Å². The van der Waals surface area contributed by atoms with Gasteiger partial charge in [0, 0.05) is 10.9 Å². The van der Waals surface area contributed by atoms with Gasteiger partial charge in [0.25, 0.3) is 0 Å². The first-order valence-electron chi connectivity index (χ1n) is 9.37. The number of aromatic nitrogens is 2. The lowest BCUT2D eigenvalue weighted by molar-refractivity contribution is -0.192. The molecule has 0 bridgehead atoms. The van der Waals surface area contributed by atoms with E-state index in [4.69, 9.17) is 31.7 Å². The maximum atomic E-state index is 10.6. The lowest BCUT2D eigenvalue weighted by Crippen LogP contribution is -2.21. The van der Waals surface area contributed by atoms with Gasteiger partial charge in [-0.05, 0) is 61.4 Å². The largest absolute Gasteiger partial charge is 0.490 e. The fourth-order valence-corrected chi connectivity index (χ4v) is 4.56. The zero-order chi connectivity index (χ0) is 22.8. The van der Waals surface area contributed by atoms with Crippen molar-refractivity contribution in [2.24, 2.45) is 5.73 Å². The van der Waals surface area contributed by atoms with Gasteiger partial charge in [-0.2, -0.15) is 18.2 Å². The Morgan fingerprint density at radius 3 is 2.65 bits per heavy atom. The van der Waals surface area contributed by atoms with E-state index in [1.165, 1.54) is 23.3 Å². The van der Waals surface area contributed by atoms with Crippen LogP contribution in [0, 0.1) is 0 Å². The highest BCUT2D eigenvalue weighted by atomic mass is 35.5. The topological polar surface area (TPSA) is 114 Å². The number of nitrogens with one attached hydrogen (secondary N) is 1. The number of halogens is 4. The van der Waals surface area contributed by atoms with E-state index in [-0.39, 0.29) is 11.3 Å². The third kappa shape index (κ3) is 6.08. The number of thiophene rings is 1. The van der Waals surface area contributed by atoms with Crippen molar-refractivity contribution in [1.82, 2.24) is 9.97 Å². The third-order valence-corrected chi connectivity index (χ3v) is 5.76. The number of fused-ring (bicyclic) bond motifs is 1. The van der Waals surface area contributed by atoms with Gasteiger partial charge in [-0.25, -0.2) is 9.78 Å². The molecule has 7 nitrogen and oxygen atoms in total. The van der Waals surface area contributed by atoms with E-state index in [2.05, 4.69) is 15.3 Å². The summed E-state index contributed by atoms with van der Waals surface area (Å²) in [7, 11) is 0. The number of aliphatic carboxylic acids is 1. The van der Waals surface area contributed by atoms with Crippen LogP contribution in [0.25, 0.3) is 10.2 Å². The Hall–Kier alpha value is -2.37. The number of nitrogens with zero attached hydrogens (tertiary/aromatic N) is 2. The standard InChI is InChI=1S/C17H19ClN4OS.C2HF3O2/c1-9(19)7-12-13(10-4-5-10)14-15(24-12)16(22-17(18)21-14)20-8-11-3-2-6-23-11;3-2(4,5)1(6)7/h2-3,6,9-10H,4-5,7-8,19H2,1H3,(H,20,21,22);(H,6,7). The van der Waals surface area contributed by atoms with Crippen molar-refractivity contribution in [2.45, 2.75) is 50.9 Å². The van der Waals surface area contributed by atoms with E-state index >= 15 is 0 Å². The molecule has 0 amide bonds. The van der Waals surface area contributed by atoms with Crippen molar-refractivity contribution in [3.8, 4) is 0 Å². The highest BCUT2D eigenvalue weighted by molar-refractivity contribution is 7.19. The maximum absolute atomic E-state index is 10.6. The summed E-state index contributed by atoms with van der Waals surface area (Å²) >= 11 is 7.93. The minimum atomic E-state index is -5.08. The summed E-state index contributed by atoms with van der Waals surface area (Å²) in [6, 6.07) is 3.92. The van der Waals surface area contributed by atoms with E-state index in [9.17, 15) is 13.2 Å². The monoisotopic (exact) mass is 476 g/mol. The maximum Gasteiger partial charge on any atom is 0.490 e. The molecule has 168 valence electrons. The number of carbonyl (C=O) groups is 1. The molecule has 1 aliphatic rings. The van der Waals surface area contributed by atoms with E-state index in [0.717, 1.165) is 28.2 Å². The van der Waals surface area contributed by atoms with Gasteiger partial charge < -0.3 is 20.6 Å². The molecule has 0 saturated heterocycles. The van der Waals surface area contributed by atoms with Gasteiger partial charge in [-0.15, -0.1) is 11.3 Å². The highest BCUT2D eigenvalue weighted by Crippen LogP contribution is 2.49. The molecule has 4 rings (SSSR count).